The molecular formula is C16H24Cl2F2N2O. The van der Waals surface area contributed by atoms with Gasteiger partial charge < -0.3 is 10.1 Å². The van der Waals surface area contributed by atoms with Crippen molar-refractivity contribution in [1.29, 1.82) is 0 Å². The molecule has 23 heavy (non-hydrogen) atoms. The maximum atomic E-state index is 13.6. The summed E-state index contributed by atoms with van der Waals surface area (Å²) in [5.74, 6) is -1.08. The van der Waals surface area contributed by atoms with E-state index in [9.17, 15) is 8.78 Å². The van der Waals surface area contributed by atoms with Crippen LogP contribution in [0.3, 0.4) is 0 Å². The third kappa shape index (κ3) is 5.00. The van der Waals surface area contributed by atoms with E-state index in [-0.39, 0.29) is 30.9 Å². The van der Waals surface area contributed by atoms with Gasteiger partial charge in [0.25, 0.3) is 0 Å². The lowest BCUT2D eigenvalue weighted by atomic mass is 9.85. The topological polar surface area (TPSA) is 24.5 Å². The molecule has 1 atom stereocenters. The molecule has 0 bridgehead atoms. The van der Waals surface area contributed by atoms with Gasteiger partial charge in [-0.2, -0.15) is 0 Å². The molecule has 3 nitrogen and oxygen atoms in total. The second-order valence-corrected chi connectivity index (χ2v) is 5.85. The summed E-state index contributed by atoms with van der Waals surface area (Å²) >= 11 is 0. The van der Waals surface area contributed by atoms with E-state index < -0.39 is 11.6 Å². The molecule has 7 heteroatoms. The number of nitrogens with one attached hydrogen (secondary N) is 1. The van der Waals surface area contributed by atoms with Crippen molar-refractivity contribution in [2.45, 2.75) is 18.9 Å². The van der Waals surface area contributed by atoms with Crippen LogP contribution in [0.5, 0.6) is 0 Å². The monoisotopic (exact) mass is 368 g/mol. The van der Waals surface area contributed by atoms with Crippen LogP contribution in [0.15, 0.2) is 18.2 Å². The summed E-state index contributed by atoms with van der Waals surface area (Å²) in [6.45, 7) is 5.31. The maximum Gasteiger partial charge on any atom is 0.159 e. The summed E-state index contributed by atoms with van der Waals surface area (Å²) in [7, 11) is 0. The van der Waals surface area contributed by atoms with Crippen LogP contribution in [0.2, 0.25) is 0 Å². The van der Waals surface area contributed by atoms with Crippen molar-refractivity contribution in [3.63, 3.8) is 0 Å². The zero-order chi connectivity index (χ0) is 14.7. The second kappa shape index (κ2) is 9.74. The minimum Gasteiger partial charge on any atom is -0.381 e. The van der Waals surface area contributed by atoms with Crippen LogP contribution >= 0.6 is 24.8 Å². The van der Waals surface area contributed by atoms with E-state index in [1.165, 1.54) is 12.1 Å². The summed E-state index contributed by atoms with van der Waals surface area (Å²) in [5, 5.41) is 3.34. The van der Waals surface area contributed by atoms with Crippen molar-refractivity contribution in [2.75, 3.05) is 39.4 Å². The van der Waals surface area contributed by atoms with Crippen LogP contribution in [-0.4, -0.2) is 44.3 Å². The van der Waals surface area contributed by atoms with E-state index in [1.807, 2.05) is 0 Å². The van der Waals surface area contributed by atoms with Gasteiger partial charge in [0.2, 0.25) is 0 Å². The fourth-order valence-electron chi connectivity index (χ4n) is 3.47. The van der Waals surface area contributed by atoms with Gasteiger partial charge in [-0.3, -0.25) is 4.90 Å². The Hall–Kier alpha value is -0.460. The predicted octanol–water partition coefficient (Wildman–Crippen LogP) is 3.18. The van der Waals surface area contributed by atoms with Crippen molar-refractivity contribution in [1.82, 2.24) is 10.2 Å². The minimum atomic E-state index is -0.773. The Balaban J connectivity index is 0.00000132. The standard InChI is InChI=1S/C16H22F2N2O.2ClH/c17-14-2-1-13(11-15(14)18)16(12-3-9-21-10-4-12)20-7-5-19-6-8-20;;/h1-2,11-12,16,19H,3-10H2;2*1H/t16-;;/m1../s1. The van der Waals surface area contributed by atoms with Crippen molar-refractivity contribution in [3.05, 3.63) is 35.4 Å². The highest BCUT2D eigenvalue weighted by atomic mass is 35.5. The molecule has 1 aromatic rings. The number of rotatable bonds is 3. The number of nitrogens with zero attached hydrogens (tertiary/aromatic N) is 1. The molecule has 2 heterocycles. The second-order valence-electron chi connectivity index (χ2n) is 5.85. The smallest absolute Gasteiger partial charge is 0.159 e. The lowest BCUT2D eigenvalue weighted by Gasteiger charge is -2.41. The fraction of sp³-hybridized carbons (Fsp3) is 0.625. The Labute approximate surface area is 148 Å². The van der Waals surface area contributed by atoms with Gasteiger partial charge in [-0.25, -0.2) is 8.78 Å². The van der Waals surface area contributed by atoms with Crippen LogP contribution in [0.4, 0.5) is 8.78 Å². The van der Waals surface area contributed by atoms with Gasteiger partial charge in [0.1, 0.15) is 0 Å². The van der Waals surface area contributed by atoms with Crippen molar-refractivity contribution >= 4 is 24.8 Å². The first-order valence-corrected chi connectivity index (χ1v) is 7.73. The van der Waals surface area contributed by atoms with Gasteiger partial charge in [0.05, 0.1) is 0 Å². The molecular weight excluding hydrogens is 345 g/mol. The first-order valence-electron chi connectivity index (χ1n) is 7.73. The summed E-state index contributed by atoms with van der Waals surface area (Å²) < 4.78 is 32.3. The summed E-state index contributed by atoms with van der Waals surface area (Å²) in [4.78, 5) is 2.40. The molecule has 1 aromatic carbocycles. The summed E-state index contributed by atoms with van der Waals surface area (Å²) in [6, 6.07) is 4.52. The molecule has 2 aliphatic rings. The third-order valence-corrected chi connectivity index (χ3v) is 4.54. The third-order valence-electron chi connectivity index (χ3n) is 4.54. The van der Waals surface area contributed by atoms with Gasteiger partial charge in [-0.1, -0.05) is 6.07 Å². The van der Waals surface area contributed by atoms with Crippen LogP contribution in [0.25, 0.3) is 0 Å². The highest BCUT2D eigenvalue weighted by Crippen LogP contribution is 2.35. The molecule has 0 radical (unpaired) electrons. The van der Waals surface area contributed by atoms with Gasteiger partial charge in [0.15, 0.2) is 11.6 Å². The van der Waals surface area contributed by atoms with Gasteiger partial charge in [-0.15, -0.1) is 24.8 Å². The number of halogens is 4. The van der Waals surface area contributed by atoms with Gasteiger partial charge >= 0.3 is 0 Å². The summed E-state index contributed by atoms with van der Waals surface area (Å²) in [6.07, 6.45) is 1.96. The molecule has 0 amide bonds. The van der Waals surface area contributed by atoms with E-state index in [1.54, 1.807) is 6.07 Å². The van der Waals surface area contributed by atoms with Crippen LogP contribution in [0, 0.1) is 17.6 Å². The lowest BCUT2D eigenvalue weighted by molar-refractivity contribution is 0.0212. The van der Waals surface area contributed by atoms with Crippen molar-refractivity contribution < 1.29 is 13.5 Å². The number of ether oxygens (including phenoxy) is 1. The Bertz CT molecular complexity index is 463. The lowest BCUT2D eigenvalue weighted by Crippen LogP contribution is -2.47. The molecule has 0 aromatic heterocycles. The first kappa shape index (κ1) is 20.6. The summed E-state index contributed by atoms with van der Waals surface area (Å²) in [5.41, 5.74) is 0.891. The number of benzene rings is 1. The highest BCUT2D eigenvalue weighted by Gasteiger charge is 2.31. The van der Waals surface area contributed by atoms with Crippen molar-refractivity contribution in [3.8, 4) is 0 Å². The molecule has 1 N–H and O–H groups in total. The number of piperazine rings is 1. The number of hydrogen-bond donors (Lipinski definition) is 1. The van der Waals surface area contributed by atoms with Crippen molar-refractivity contribution in [2.24, 2.45) is 5.92 Å². The fourth-order valence-corrected chi connectivity index (χ4v) is 3.47. The van der Waals surface area contributed by atoms with E-state index in [2.05, 4.69) is 10.2 Å². The zero-order valence-electron chi connectivity index (χ0n) is 13.0. The minimum absolute atomic E-state index is 0. The van der Waals surface area contributed by atoms with Crippen LogP contribution < -0.4 is 5.32 Å². The molecule has 3 rings (SSSR count). The SMILES string of the molecule is Cl.Cl.Fc1ccc([C@@H](C2CCOCC2)N2CCNCC2)cc1F. The highest BCUT2D eigenvalue weighted by molar-refractivity contribution is 5.85. The van der Waals surface area contributed by atoms with E-state index >= 15 is 0 Å². The van der Waals surface area contributed by atoms with Crippen LogP contribution in [0.1, 0.15) is 24.4 Å². The largest absolute Gasteiger partial charge is 0.381 e. The molecule has 2 aliphatic heterocycles. The quantitative estimate of drug-likeness (QED) is 0.886. The average molecular weight is 369 g/mol. The molecule has 0 unspecified atom stereocenters. The molecule has 0 spiro atoms. The Morgan fingerprint density at radius 2 is 1.70 bits per heavy atom. The Morgan fingerprint density at radius 1 is 1.04 bits per heavy atom. The normalized spacial score (nSPS) is 21.1. The molecule has 0 aliphatic carbocycles. The molecule has 2 saturated heterocycles. The van der Waals surface area contributed by atoms with E-state index in [4.69, 9.17) is 4.74 Å². The van der Waals surface area contributed by atoms with E-state index in [0.717, 1.165) is 57.8 Å². The molecule has 2 fully saturated rings. The first-order chi connectivity index (χ1) is 10.3. The predicted molar refractivity (Wildman–Crippen MR) is 91.6 cm³/mol. The molecule has 132 valence electrons. The maximum absolute atomic E-state index is 13.6. The average Bonchev–Trinajstić information content (AvgIpc) is 2.53. The van der Waals surface area contributed by atoms with Gasteiger partial charge in [0, 0.05) is 45.4 Å². The molecule has 0 saturated carbocycles. The zero-order valence-corrected chi connectivity index (χ0v) is 14.6. The Morgan fingerprint density at radius 3 is 2.30 bits per heavy atom. The Kier molecular flexibility index (Phi) is 8.72. The van der Waals surface area contributed by atoms with Gasteiger partial charge in [-0.05, 0) is 36.5 Å². The van der Waals surface area contributed by atoms with Crippen LogP contribution in [-0.2, 0) is 4.74 Å². The van der Waals surface area contributed by atoms with E-state index in [0.29, 0.717) is 5.92 Å². The number of hydrogen-bond acceptors (Lipinski definition) is 3.